The van der Waals surface area contributed by atoms with Crippen molar-refractivity contribution in [3.05, 3.63) is 0 Å². The zero-order valence-corrected chi connectivity index (χ0v) is 11.1. The molecule has 1 saturated carbocycles. The van der Waals surface area contributed by atoms with Gasteiger partial charge in [-0.05, 0) is 24.7 Å². The van der Waals surface area contributed by atoms with E-state index < -0.39 is 24.2 Å². The zero-order chi connectivity index (χ0) is 16.3. The lowest BCUT2D eigenvalue weighted by atomic mass is 9.79. The molecule has 1 rings (SSSR count). The highest BCUT2D eigenvalue weighted by Gasteiger charge is 2.61. The van der Waals surface area contributed by atoms with Gasteiger partial charge in [0.05, 0.1) is 0 Å². The average molecular weight is 321 g/mol. The predicted octanol–water partition coefficient (Wildman–Crippen LogP) is 2.64. The Morgan fingerprint density at radius 1 is 1.05 bits per heavy atom. The Morgan fingerprint density at radius 3 is 1.95 bits per heavy atom. The maximum atomic E-state index is 12.4. The number of hydrogen-bond acceptors (Lipinski definition) is 2. The molecular weight excluding hydrogens is 304 g/mol. The van der Waals surface area contributed by atoms with Gasteiger partial charge in [0.15, 0.2) is 0 Å². The molecule has 0 aromatic heterocycles. The highest BCUT2D eigenvalue weighted by atomic mass is 19.4. The number of carbonyl (C=O) groups excluding carboxylic acids is 1. The van der Waals surface area contributed by atoms with E-state index in [9.17, 15) is 31.1 Å². The van der Waals surface area contributed by atoms with E-state index in [0.717, 1.165) is 12.8 Å². The van der Waals surface area contributed by atoms with Crippen LogP contribution in [0.5, 0.6) is 0 Å². The molecule has 1 amide bonds. The van der Waals surface area contributed by atoms with Gasteiger partial charge in [0, 0.05) is 13.2 Å². The van der Waals surface area contributed by atoms with Gasteiger partial charge < -0.3 is 10.4 Å². The molecule has 2 unspecified atom stereocenters. The topological polar surface area (TPSA) is 49.3 Å². The van der Waals surface area contributed by atoms with Crippen LogP contribution < -0.4 is 5.32 Å². The van der Waals surface area contributed by atoms with Crippen molar-refractivity contribution in [3.8, 4) is 0 Å². The molecule has 1 fully saturated rings. The Balaban J connectivity index is 2.66. The van der Waals surface area contributed by atoms with Crippen molar-refractivity contribution in [3.63, 3.8) is 0 Å². The van der Waals surface area contributed by atoms with E-state index >= 15 is 0 Å². The highest BCUT2D eigenvalue weighted by molar-refractivity contribution is 5.80. The normalized spacial score (nSPS) is 24.2. The molecule has 9 heteroatoms. The van der Waals surface area contributed by atoms with Crippen LogP contribution in [0, 0.1) is 17.8 Å². The molecule has 124 valence electrons. The summed E-state index contributed by atoms with van der Waals surface area (Å²) in [5.41, 5.74) is 0. The average Bonchev–Trinajstić information content (AvgIpc) is 2.33. The number of nitrogens with one attached hydrogen (secondary N) is 1. The fourth-order valence-electron chi connectivity index (χ4n) is 2.61. The van der Waals surface area contributed by atoms with Crippen LogP contribution in [-0.4, -0.2) is 36.5 Å². The summed E-state index contributed by atoms with van der Waals surface area (Å²) in [5.74, 6) is -6.59. The van der Waals surface area contributed by atoms with Gasteiger partial charge in [-0.25, -0.2) is 0 Å². The van der Waals surface area contributed by atoms with E-state index in [0.29, 0.717) is 12.8 Å². The van der Waals surface area contributed by atoms with Crippen molar-refractivity contribution in [2.45, 2.75) is 38.0 Å². The first-order valence-corrected chi connectivity index (χ1v) is 6.59. The van der Waals surface area contributed by atoms with Gasteiger partial charge in [0.2, 0.25) is 11.8 Å². The van der Waals surface area contributed by atoms with Gasteiger partial charge in [-0.1, -0.05) is 12.8 Å². The molecule has 3 nitrogen and oxygen atoms in total. The first-order chi connectivity index (χ1) is 9.57. The minimum absolute atomic E-state index is 0.192. The molecule has 21 heavy (non-hydrogen) atoms. The molecule has 0 saturated heterocycles. The fourth-order valence-corrected chi connectivity index (χ4v) is 2.61. The second-order valence-electron chi connectivity index (χ2n) is 5.25. The Hall–Kier alpha value is -0.990. The molecule has 1 aliphatic rings. The number of aliphatic hydroxyl groups excluding tert-OH is 1. The number of rotatable bonds is 4. The minimum atomic E-state index is -5.68. The van der Waals surface area contributed by atoms with Crippen molar-refractivity contribution in [1.82, 2.24) is 5.32 Å². The van der Waals surface area contributed by atoms with Crippen LogP contribution in [0.4, 0.5) is 26.3 Å². The second kappa shape index (κ2) is 6.85. The summed E-state index contributed by atoms with van der Waals surface area (Å²) < 4.78 is 74.1. The van der Waals surface area contributed by atoms with Gasteiger partial charge in [0.25, 0.3) is 0 Å². The number of carbonyl (C=O) groups is 1. The molecule has 2 N–H and O–H groups in total. The van der Waals surface area contributed by atoms with E-state index in [1.54, 1.807) is 5.32 Å². The lowest BCUT2D eigenvalue weighted by Gasteiger charge is -2.31. The van der Waals surface area contributed by atoms with E-state index in [4.69, 9.17) is 5.11 Å². The first kappa shape index (κ1) is 18.1. The van der Waals surface area contributed by atoms with Crippen LogP contribution in [0.1, 0.15) is 25.7 Å². The van der Waals surface area contributed by atoms with Crippen LogP contribution in [0.15, 0.2) is 0 Å². The molecule has 0 radical (unpaired) electrons. The van der Waals surface area contributed by atoms with Crippen molar-refractivity contribution < 1.29 is 36.2 Å². The highest BCUT2D eigenvalue weighted by Crippen LogP contribution is 2.39. The number of aliphatic hydroxyl groups is 1. The third kappa shape index (κ3) is 5.05. The standard InChI is InChI=1S/C12H17F6NO2/c13-11(14,15)9(12(16,17)18)10(21)19-5-7-3-1-2-4-8(7)6-20/h7-9,20H,1-6H2,(H,19,21). The zero-order valence-electron chi connectivity index (χ0n) is 11.1. The molecule has 0 spiro atoms. The third-order valence-electron chi connectivity index (χ3n) is 3.76. The van der Waals surface area contributed by atoms with Crippen LogP contribution in [0.25, 0.3) is 0 Å². The van der Waals surface area contributed by atoms with E-state index in [2.05, 4.69) is 0 Å². The van der Waals surface area contributed by atoms with Crippen LogP contribution >= 0.6 is 0 Å². The largest absolute Gasteiger partial charge is 0.409 e. The Morgan fingerprint density at radius 2 is 1.52 bits per heavy atom. The summed E-state index contributed by atoms with van der Waals surface area (Å²) in [4.78, 5) is 11.3. The summed E-state index contributed by atoms with van der Waals surface area (Å²) in [6.45, 7) is -0.477. The SMILES string of the molecule is O=C(NCC1CCCCC1CO)C(C(F)(F)F)C(F)(F)F. The van der Waals surface area contributed by atoms with E-state index in [1.807, 2.05) is 0 Å². The summed E-state index contributed by atoms with van der Waals surface area (Å²) in [6.07, 6.45) is -8.51. The maximum Gasteiger partial charge on any atom is 0.409 e. The van der Waals surface area contributed by atoms with Gasteiger partial charge in [-0.15, -0.1) is 0 Å². The van der Waals surface area contributed by atoms with Crippen molar-refractivity contribution in [2.75, 3.05) is 13.2 Å². The van der Waals surface area contributed by atoms with E-state index in [-0.39, 0.29) is 25.0 Å². The second-order valence-corrected chi connectivity index (χ2v) is 5.25. The van der Waals surface area contributed by atoms with Crippen molar-refractivity contribution >= 4 is 5.91 Å². The van der Waals surface area contributed by atoms with Gasteiger partial charge in [-0.2, -0.15) is 26.3 Å². The van der Waals surface area contributed by atoms with E-state index in [1.165, 1.54) is 0 Å². The predicted molar refractivity (Wildman–Crippen MR) is 61.1 cm³/mol. The quantitative estimate of drug-likeness (QED) is 0.782. The van der Waals surface area contributed by atoms with Crippen LogP contribution in [0.3, 0.4) is 0 Å². The molecular formula is C12H17F6NO2. The molecule has 0 bridgehead atoms. The monoisotopic (exact) mass is 321 g/mol. The smallest absolute Gasteiger partial charge is 0.396 e. The van der Waals surface area contributed by atoms with Crippen LogP contribution in [-0.2, 0) is 4.79 Å². The Bertz CT molecular complexity index is 341. The number of hydrogen-bond donors (Lipinski definition) is 2. The number of halogens is 6. The van der Waals surface area contributed by atoms with Gasteiger partial charge in [0.1, 0.15) is 0 Å². The summed E-state index contributed by atoms with van der Waals surface area (Å²) in [7, 11) is 0. The van der Waals surface area contributed by atoms with Crippen molar-refractivity contribution in [1.29, 1.82) is 0 Å². The molecule has 1 aliphatic carbocycles. The van der Waals surface area contributed by atoms with Gasteiger partial charge >= 0.3 is 12.4 Å². The third-order valence-corrected chi connectivity index (χ3v) is 3.76. The number of alkyl halides is 6. The fraction of sp³-hybridized carbons (Fsp3) is 0.917. The van der Waals surface area contributed by atoms with Crippen LogP contribution in [0.2, 0.25) is 0 Å². The molecule has 0 aliphatic heterocycles. The minimum Gasteiger partial charge on any atom is -0.396 e. The Kier molecular flexibility index (Phi) is 5.89. The molecule has 0 aromatic rings. The lowest BCUT2D eigenvalue weighted by Crippen LogP contribution is -2.49. The molecule has 0 heterocycles. The Labute approximate surface area is 117 Å². The molecule has 2 atom stereocenters. The summed E-state index contributed by atoms with van der Waals surface area (Å²) in [6, 6.07) is 0. The van der Waals surface area contributed by atoms with Crippen molar-refractivity contribution in [2.24, 2.45) is 17.8 Å². The first-order valence-electron chi connectivity index (χ1n) is 6.59. The van der Waals surface area contributed by atoms with Gasteiger partial charge in [-0.3, -0.25) is 4.79 Å². The summed E-state index contributed by atoms with van der Waals surface area (Å²) >= 11 is 0. The number of amides is 1. The maximum absolute atomic E-state index is 12.4. The summed E-state index contributed by atoms with van der Waals surface area (Å²) in [5, 5.41) is 10.9. The lowest BCUT2D eigenvalue weighted by molar-refractivity contribution is -0.274. The molecule has 0 aromatic carbocycles.